The van der Waals surface area contributed by atoms with E-state index in [2.05, 4.69) is 4.72 Å². The van der Waals surface area contributed by atoms with Crippen molar-refractivity contribution >= 4 is 10.0 Å². The van der Waals surface area contributed by atoms with Crippen LogP contribution < -0.4 is 4.72 Å². The third-order valence-electron chi connectivity index (χ3n) is 4.35. The van der Waals surface area contributed by atoms with Crippen LogP contribution in [0.3, 0.4) is 0 Å². The van der Waals surface area contributed by atoms with Gasteiger partial charge in [-0.1, -0.05) is 6.07 Å². The van der Waals surface area contributed by atoms with Crippen molar-refractivity contribution in [3.8, 4) is 0 Å². The van der Waals surface area contributed by atoms with Gasteiger partial charge in [0.1, 0.15) is 0 Å². The largest absolute Gasteiger partial charge is 0.392 e. The number of aryl methyl sites for hydroxylation is 2. The first-order valence-electron chi connectivity index (χ1n) is 7.06. The predicted molar refractivity (Wildman–Crippen MR) is 80.6 cm³/mol. The molecule has 0 bridgehead atoms. The van der Waals surface area contributed by atoms with Gasteiger partial charge in [-0.25, -0.2) is 13.1 Å². The molecule has 5 nitrogen and oxygen atoms in total. The highest BCUT2D eigenvalue weighted by Gasteiger charge is 2.40. The molecule has 0 aromatic heterocycles. The van der Waals surface area contributed by atoms with E-state index in [9.17, 15) is 13.5 Å². The van der Waals surface area contributed by atoms with Crippen molar-refractivity contribution in [1.29, 1.82) is 0 Å². The topological polar surface area (TPSA) is 75.6 Å². The molecule has 1 heterocycles. The van der Waals surface area contributed by atoms with E-state index in [4.69, 9.17) is 4.74 Å². The molecule has 2 N–H and O–H groups in total. The Morgan fingerprint density at radius 2 is 2.05 bits per heavy atom. The van der Waals surface area contributed by atoms with Crippen LogP contribution in [-0.4, -0.2) is 31.8 Å². The van der Waals surface area contributed by atoms with Crippen LogP contribution in [-0.2, 0) is 21.4 Å². The number of hydrogen-bond acceptors (Lipinski definition) is 4. The molecule has 0 radical (unpaired) electrons. The Morgan fingerprint density at radius 1 is 1.38 bits per heavy atom. The number of rotatable bonds is 4. The van der Waals surface area contributed by atoms with E-state index in [-0.39, 0.29) is 17.6 Å². The zero-order valence-corrected chi connectivity index (χ0v) is 13.8. The zero-order valence-electron chi connectivity index (χ0n) is 12.9. The van der Waals surface area contributed by atoms with Gasteiger partial charge in [0.2, 0.25) is 10.0 Å². The van der Waals surface area contributed by atoms with Gasteiger partial charge in [0.15, 0.2) is 0 Å². The normalized spacial score (nSPS) is 26.2. The Kier molecular flexibility index (Phi) is 4.44. The van der Waals surface area contributed by atoms with Crippen LogP contribution in [0.25, 0.3) is 0 Å². The minimum absolute atomic E-state index is 0.171. The van der Waals surface area contributed by atoms with Crippen LogP contribution in [0.1, 0.15) is 37.0 Å². The van der Waals surface area contributed by atoms with Gasteiger partial charge in [0.25, 0.3) is 0 Å². The smallest absolute Gasteiger partial charge is 0.241 e. The van der Waals surface area contributed by atoms with E-state index >= 15 is 0 Å². The maximum absolute atomic E-state index is 12.7. The van der Waals surface area contributed by atoms with Crippen molar-refractivity contribution in [3.05, 3.63) is 28.8 Å². The fraction of sp³-hybridized carbons (Fsp3) is 0.600. The molecule has 21 heavy (non-hydrogen) atoms. The Labute approximate surface area is 126 Å². The number of benzene rings is 1. The SMILES string of the molecule is Cc1cc(C)c(S(=O)(=O)NC2(C)CCOC2C)cc1CO. The van der Waals surface area contributed by atoms with E-state index in [0.29, 0.717) is 24.2 Å². The van der Waals surface area contributed by atoms with Gasteiger partial charge in [-0.05, 0) is 56.9 Å². The minimum Gasteiger partial charge on any atom is -0.392 e. The summed E-state index contributed by atoms with van der Waals surface area (Å²) in [7, 11) is -3.66. The lowest BCUT2D eigenvalue weighted by Gasteiger charge is -2.29. The van der Waals surface area contributed by atoms with Crippen LogP contribution in [0.5, 0.6) is 0 Å². The molecule has 0 saturated carbocycles. The molecule has 2 rings (SSSR count). The summed E-state index contributed by atoms with van der Waals surface area (Å²) in [5.74, 6) is 0. The molecule has 6 heteroatoms. The molecule has 0 spiro atoms. The lowest BCUT2D eigenvalue weighted by atomic mass is 9.97. The molecule has 1 aliphatic rings. The third-order valence-corrected chi connectivity index (χ3v) is 6.10. The predicted octanol–water partition coefficient (Wildman–Crippen LogP) is 1.64. The van der Waals surface area contributed by atoms with Crippen molar-refractivity contribution < 1.29 is 18.3 Å². The van der Waals surface area contributed by atoms with Crippen LogP contribution in [0, 0.1) is 13.8 Å². The molecule has 2 atom stereocenters. The number of aliphatic hydroxyl groups is 1. The van der Waals surface area contributed by atoms with Crippen molar-refractivity contribution in [1.82, 2.24) is 4.72 Å². The van der Waals surface area contributed by atoms with Gasteiger partial charge in [0, 0.05) is 6.61 Å². The monoisotopic (exact) mass is 313 g/mol. The third kappa shape index (κ3) is 3.13. The minimum atomic E-state index is -3.66. The number of sulfonamides is 1. The average Bonchev–Trinajstić information content (AvgIpc) is 2.68. The maximum Gasteiger partial charge on any atom is 0.241 e. The molecule has 1 aromatic carbocycles. The lowest BCUT2D eigenvalue weighted by molar-refractivity contribution is 0.0957. The van der Waals surface area contributed by atoms with Crippen molar-refractivity contribution in [3.63, 3.8) is 0 Å². The molecule has 1 aromatic rings. The lowest BCUT2D eigenvalue weighted by Crippen LogP contribution is -2.50. The van der Waals surface area contributed by atoms with Gasteiger partial charge < -0.3 is 9.84 Å². The maximum atomic E-state index is 12.7. The highest BCUT2D eigenvalue weighted by Crippen LogP contribution is 2.29. The summed E-state index contributed by atoms with van der Waals surface area (Å²) in [5.41, 5.74) is 1.59. The number of nitrogens with one attached hydrogen (secondary N) is 1. The summed E-state index contributed by atoms with van der Waals surface area (Å²) in [6.45, 7) is 7.73. The summed E-state index contributed by atoms with van der Waals surface area (Å²) >= 11 is 0. The fourth-order valence-electron chi connectivity index (χ4n) is 2.67. The summed E-state index contributed by atoms with van der Waals surface area (Å²) in [6.07, 6.45) is 0.473. The first kappa shape index (κ1) is 16.4. The number of ether oxygens (including phenoxy) is 1. The quantitative estimate of drug-likeness (QED) is 0.886. The van der Waals surface area contributed by atoms with Gasteiger partial charge in [0.05, 0.1) is 23.1 Å². The van der Waals surface area contributed by atoms with Crippen LogP contribution in [0.2, 0.25) is 0 Å². The molecule has 118 valence electrons. The van der Waals surface area contributed by atoms with Crippen molar-refractivity contribution in [2.45, 2.75) is 57.3 Å². The fourth-order valence-corrected chi connectivity index (χ4v) is 4.44. The van der Waals surface area contributed by atoms with Gasteiger partial charge in [-0.15, -0.1) is 0 Å². The highest BCUT2D eigenvalue weighted by molar-refractivity contribution is 7.89. The highest BCUT2D eigenvalue weighted by atomic mass is 32.2. The molecule has 0 aliphatic carbocycles. The Hall–Kier alpha value is -0.950. The number of aliphatic hydroxyl groups excluding tert-OH is 1. The van der Waals surface area contributed by atoms with E-state index < -0.39 is 15.6 Å². The van der Waals surface area contributed by atoms with E-state index in [1.807, 2.05) is 20.8 Å². The second kappa shape index (κ2) is 5.68. The molecular weight excluding hydrogens is 290 g/mol. The summed E-state index contributed by atoms with van der Waals surface area (Å²) < 4.78 is 33.6. The van der Waals surface area contributed by atoms with Crippen LogP contribution >= 0.6 is 0 Å². The second-order valence-corrected chi connectivity index (χ2v) is 7.64. The second-order valence-electron chi connectivity index (χ2n) is 5.99. The molecule has 1 fully saturated rings. The number of hydrogen-bond donors (Lipinski definition) is 2. The van der Waals surface area contributed by atoms with Crippen molar-refractivity contribution in [2.75, 3.05) is 6.61 Å². The zero-order chi connectivity index (χ0) is 15.8. The average molecular weight is 313 g/mol. The standard InChI is InChI=1S/C15H23NO4S/c1-10-7-11(2)14(8-13(10)9-17)21(18,19)16-15(4)5-6-20-12(15)3/h7-8,12,16-17H,5-6,9H2,1-4H3. The molecule has 0 amide bonds. The van der Waals surface area contributed by atoms with Crippen molar-refractivity contribution in [2.24, 2.45) is 0 Å². The van der Waals surface area contributed by atoms with E-state index in [0.717, 1.165) is 5.56 Å². The summed E-state index contributed by atoms with van der Waals surface area (Å²) in [5, 5.41) is 9.34. The van der Waals surface area contributed by atoms with Crippen LogP contribution in [0.4, 0.5) is 0 Å². The summed E-state index contributed by atoms with van der Waals surface area (Å²) in [4.78, 5) is 0.220. The van der Waals surface area contributed by atoms with Crippen LogP contribution in [0.15, 0.2) is 17.0 Å². The van der Waals surface area contributed by atoms with Gasteiger partial charge in [-0.3, -0.25) is 0 Å². The Morgan fingerprint density at radius 3 is 2.57 bits per heavy atom. The van der Waals surface area contributed by atoms with Gasteiger partial charge >= 0.3 is 0 Å². The Bertz CT molecular complexity index is 641. The van der Waals surface area contributed by atoms with Gasteiger partial charge in [-0.2, -0.15) is 0 Å². The molecular formula is C15H23NO4S. The first-order valence-corrected chi connectivity index (χ1v) is 8.54. The Balaban J connectivity index is 2.40. The van der Waals surface area contributed by atoms with E-state index in [1.165, 1.54) is 0 Å². The summed E-state index contributed by atoms with van der Waals surface area (Å²) in [6, 6.07) is 3.34. The molecule has 2 unspecified atom stereocenters. The molecule has 1 aliphatic heterocycles. The molecule has 1 saturated heterocycles. The first-order chi connectivity index (χ1) is 9.69. The van der Waals surface area contributed by atoms with E-state index in [1.54, 1.807) is 19.1 Å².